The summed E-state index contributed by atoms with van der Waals surface area (Å²) in [4.78, 5) is 37.7. The molecule has 10 nitrogen and oxygen atoms in total. The average Bonchev–Trinajstić information content (AvgIpc) is 3.33. The third kappa shape index (κ3) is 4.14. The van der Waals surface area contributed by atoms with Gasteiger partial charge in [0, 0.05) is 37.5 Å². The number of fused-ring (bicyclic) bond motifs is 1. The summed E-state index contributed by atoms with van der Waals surface area (Å²) in [6.45, 7) is 3.40. The van der Waals surface area contributed by atoms with E-state index in [2.05, 4.69) is 20.3 Å². The monoisotopic (exact) mass is 413 g/mol. The van der Waals surface area contributed by atoms with E-state index in [1.54, 1.807) is 19.3 Å². The summed E-state index contributed by atoms with van der Waals surface area (Å²) in [5.74, 6) is -0.251. The number of primary amides is 1. The van der Waals surface area contributed by atoms with Gasteiger partial charge >= 0.3 is 6.09 Å². The fourth-order valence-electron chi connectivity index (χ4n) is 3.42. The first-order valence-electron chi connectivity index (χ1n) is 9.34. The lowest BCUT2D eigenvalue weighted by Gasteiger charge is -2.17. The molecule has 0 bridgehead atoms. The SMILES string of the molecule is Cc1cn2cc(NC(=O)c3cnc(N4CC[C@H](COC(N)=O)C4)cn3)cc(F)c2n1. The van der Waals surface area contributed by atoms with Gasteiger partial charge in [0.25, 0.3) is 5.91 Å². The van der Waals surface area contributed by atoms with Crippen LogP contribution in [0, 0.1) is 18.7 Å². The lowest BCUT2D eigenvalue weighted by Crippen LogP contribution is -2.24. The Labute approximate surface area is 170 Å². The highest BCUT2D eigenvalue weighted by Gasteiger charge is 2.25. The van der Waals surface area contributed by atoms with Crippen molar-refractivity contribution in [3.05, 3.63) is 48.1 Å². The van der Waals surface area contributed by atoms with Crippen LogP contribution in [0.15, 0.2) is 30.9 Å². The van der Waals surface area contributed by atoms with E-state index < -0.39 is 17.8 Å². The van der Waals surface area contributed by atoms with Crippen LogP contribution in [0.25, 0.3) is 5.65 Å². The Balaban J connectivity index is 1.40. The molecule has 4 heterocycles. The van der Waals surface area contributed by atoms with Crippen molar-refractivity contribution in [3.63, 3.8) is 0 Å². The van der Waals surface area contributed by atoms with Gasteiger partial charge in [-0.2, -0.15) is 0 Å². The summed E-state index contributed by atoms with van der Waals surface area (Å²) in [6.07, 6.45) is 6.17. The molecule has 0 radical (unpaired) electrons. The number of pyridine rings is 1. The molecule has 156 valence electrons. The summed E-state index contributed by atoms with van der Waals surface area (Å²) in [6, 6.07) is 1.21. The number of halogens is 1. The maximum atomic E-state index is 14.2. The van der Waals surface area contributed by atoms with E-state index >= 15 is 0 Å². The second-order valence-electron chi connectivity index (χ2n) is 7.13. The van der Waals surface area contributed by atoms with Crippen molar-refractivity contribution in [1.29, 1.82) is 0 Å². The largest absolute Gasteiger partial charge is 0.449 e. The summed E-state index contributed by atoms with van der Waals surface area (Å²) in [7, 11) is 0. The van der Waals surface area contributed by atoms with Gasteiger partial charge in [-0.15, -0.1) is 0 Å². The standard InChI is InChI=1S/C19H20FN7O3/c1-11-7-27-9-13(4-14(20)17(27)24-11)25-18(28)15-5-23-16(6-22-15)26-3-2-12(8-26)10-30-19(21)29/h4-7,9,12H,2-3,8,10H2,1H3,(H2,21,29)(H,25,28)/t12-/m0/s1. The summed E-state index contributed by atoms with van der Waals surface area (Å²) in [5.41, 5.74) is 6.25. The molecule has 1 fully saturated rings. The van der Waals surface area contributed by atoms with Crippen LogP contribution in [-0.2, 0) is 4.74 Å². The van der Waals surface area contributed by atoms with Crippen LogP contribution in [0.4, 0.5) is 20.7 Å². The molecule has 0 aromatic carbocycles. The van der Waals surface area contributed by atoms with Crippen LogP contribution in [0.5, 0.6) is 0 Å². The lowest BCUT2D eigenvalue weighted by molar-refractivity contribution is 0.102. The van der Waals surface area contributed by atoms with Crippen LogP contribution < -0.4 is 16.0 Å². The molecule has 4 rings (SSSR count). The highest BCUT2D eigenvalue weighted by molar-refractivity contribution is 6.02. The Kier molecular flexibility index (Phi) is 5.17. The number of aromatic nitrogens is 4. The molecule has 11 heteroatoms. The lowest BCUT2D eigenvalue weighted by atomic mass is 10.1. The van der Waals surface area contributed by atoms with Gasteiger partial charge in [0.15, 0.2) is 11.5 Å². The Morgan fingerprint density at radius 2 is 2.17 bits per heavy atom. The second-order valence-corrected chi connectivity index (χ2v) is 7.13. The van der Waals surface area contributed by atoms with Gasteiger partial charge in [-0.1, -0.05) is 0 Å². The quantitative estimate of drug-likeness (QED) is 0.652. The maximum absolute atomic E-state index is 14.2. The number of rotatable bonds is 5. The highest BCUT2D eigenvalue weighted by Crippen LogP contribution is 2.22. The Hall–Kier alpha value is -3.76. The number of anilines is 2. The molecule has 1 atom stereocenters. The molecular weight excluding hydrogens is 393 g/mol. The molecule has 1 aliphatic heterocycles. The molecule has 1 saturated heterocycles. The van der Waals surface area contributed by atoms with Gasteiger partial charge in [0.2, 0.25) is 0 Å². The van der Waals surface area contributed by atoms with Crippen LogP contribution in [-0.4, -0.2) is 51.0 Å². The highest BCUT2D eigenvalue weighted by atomic mass is 19.1. The van der Waals surface area contributed by atoms with E-state index in [4.69, 9.17) is 10.5 Å². The van der Waals surface area contributed by atoms with Crippen molar-refractivity contribution in [2.45, 2.75) is 13.3 Å². The second kappa shape index (κ2) is 7.93. The predicted octanol–water partition coefficient (Wildman–Crippen LogP) is 1.75. The molecular formula is C19H20FN7O3. The minimum atomic E-state index is -0.786. The van der Waals surface area contributed by atoms with Gasteiger partial charge in [0.05, 0.1) is 30.4 Å². The van der Waals surface area contributed by atoms with E-state index in [-0.39, 0.29) is 29.6 Å². The van der Waals surface area contributed by atoms with Crippen LogP contribution in [0.2, 0.25) is 0 Å². The minimum absolute atomic E-state index is 0.105. The number of nitrogens with zero attached hydrogens (tertiary/aromatic N) is 5. The molecule has 3 N–H and O–H groups in total. The number of amides is 2. The minimum Gasteiger partial charge on any atom is -0.449 e. The number of aryl methyl sites for hydroxylation is 1. The van der Waals surface area contributed by atoms with Gasteiger partial charge in [-0.3, -0.25) is 4.79 Å². The van der Waals surface area contributed by atoms with Gasteiger partial charge in [-0.25, -0.2) is 24.1 Å². The van der Waals surface area contributed by atoms with Crippen molar-refractivity contribution in [3.8, 4) is 0 Å². The normalized spacial score (nSPS) is 16.1. The Morgan fingerprint density at radius 1 is 1.33 bits per heavy atom. The van der Waals surface area contributed by atoms with Crippen molar-refractivity contribution < 1.29 is 18.7 Å². The van der Waals surface area contributed by atoms with Crippen LogP contribution in [0.1, 0.15) is 22.6 Å². The van der Waals surface area contributed by atoms with E-state index in [9.17, 15) is 14.0 Å². The zero-order valence-electron chi connectivity index (χ0n) is 16.2. The van der Waals surface area contributed by atoms with Crippen molar-refractivity contribution >= 4 is 29.2 Å². The summed E-state index contributed by atoms with van der Waals surface area (Å²) < 4.78 is 20.5. The van der Waals surface area contributed by atoms with Gasteiger partial charge in [-0.05, 0) is 13.3 Å². The van der Waals surface area contributed by atoms with Gasteiger partial charge < -0.3 is 25.1 Å². The molecule has 30 heavy (non-hydrogen) atoms. The van der Waals surface area contributed by atoms with Crippen LogP contribution in [0.3, 0.4) is 0 Å². The van der Waals surface area contributed by atoms with Gasteiger partial charge in [0.1, 0.15) is 11.5 Å². The zero-order chi connectivity index (χ0) is 21.3. The Morgan fingerprint density at radius 3 is 2.90 bits per heavy atom. The molecule has 0 unspecified atom stereocenters. The number of imidazole rings is 1. The first-order valence-corrected chi connectivity index (χ1v) is 9.34. The molecule has 1 aliphatic rings. The molecule has 0 saturated carbocycles. The van der Waals surface area contributed by atoms with E-state index in [0.717, 1.165) is 13.0 Å². The number of carbonyl (C=O) groups is 2. The zero-order valence-corrected chi connectivity index (χ0v) is 16.2. The predicted molar refractivity (Wildman–Crippen MR) is 106 cm³/mol. The number of nitrogens with one attached hydrogen (secondary N) is 1. The number of ether oxygens (including phenoxy) is 1. The van der Waals surface area contributed by atoms with E-state index in [1.807, 2.05) is 4.90 Å². The third-order valence-electron chi connectivity index (χ3n) is 4.83. The smallest absolute Gasteiger partial charge is 0.404 e. The first-order chi connectivity index (χ1) is 14.4. The third-order valence-corrected chi connectivity index (χ3v) is 4.83. The molecule has 0 spiro atoms. The number of nitrogens with two attached hydrogens (primary N) is 1. The fourth-order valence-corrected chi connectivity index (χ4v) is 3.42. The average molecular weight is 413 g/mol. The van der Waals surface area contributed by atoms with Crippen molar-refractivity contribution in [2.24, 2.45) is 11.7 Å². The molecule has 2 amide bonds. The number of hydrogen-bond acceptors (Lipinski definition) is 7. The Bertz CT molecular complexity index is 1100. The molecule has 3 aromatic heterocycles. The maximum Gasteiger partial charge on any atom is 0.404 e. The number of carbonyl (C=O) groups excluding carboxylic acids is 2. The fraction of sp³-hybridized carbons (Fsp3) is 0.316. The van der Waals surface area contributed by atoms with E-state index in [1.165, 1.54) is 22.9 Å². The van der Waals surface area contributed by atoms with Crippen LogP contribution >= 0.6 is 0 Å². The van der Waals surface area contributed by atoms with E-state index in [0.29, 0.717) is 18.1 Å². The van der Waals surface area contributed by atoms with Crippen molar-refractivity contribution in [1.82, 2.24) is 19.4 Å². The summed E-state index contributed by atoms with van der Waals surface area (Å²) >= 11 is 0. The first kappa shape index (κ1) is 19.6. The number of hydrogen-bond donors (Lipinski definition) is 2. The molecule has 3 aromatic rings. The topological polar surface area (TPSA) is 128 Å². The summed E-state index contributed by atoms with van der Waals surface area (Å²) in [5, 5.41) is 2.62. The molecule has 0 aliphatic carbocycles. The van der Waals surface area contributed by atoms with Crippen molar-refractivity contribution in [2.75, 3.05) is 29.9 Å².